The largest absolute Gasteiger partial charge is 0.419 e. The Morgan fingerprint density at radius 3 is 2.12 bits per heavy atom. The van der Waals surface area contributed by atoms with Gasteiger partial charge in [-0.2, -0.15) is 0 Å². The van der Waals surface area contributed by atoms with Gasteiger partial charge in [0.2, 0.25) is 5.75 Å². The number of rotatable bonds is 6. The number of non-ortho nitro benzene ring substituents is 2. The summed E-state index contributed by atoms with van der Waals surface area (Å²) in [7, 11) is 0. The van der Waals surface area contributed by atoms with Gasteiger partial charge < -0.3 is 4.74 Å². The molecule has 0 heterocycles. The summed E-state index contributed by atoms with van der Waals surface area (Å²) in [5.41, 5.74) is -1.19. The number of ether oxygens (including phenoxy) is 1. The summed E-state index contributed by atoms with van der Waals surface area (Å²) in [6.45, 7) is 0. The van der Waals surface area contributed by atoms with Crippen molar-refractivity contribution in [2.75, 3.05) is 0 Å². The van der Waals surface area contributed by atoms with Crippen LogP contribution in [0.15, 0.2) is 42.5 Å². The van der Waals surface area contributed by atoms with Crippen molar-refractivity contribution in [1.82, 2.24) is 0 Å². The second kappa shape index (κ2) is 7.12. The second-order valence-corrected chi connectivity index (χ2v) is 4.74. The molecule has 0 radical (unpaired) electrons. The summed E-state index contributed by atoms with van der Waals surface area (Å²) in [6.07, 6.45) is -0.365. The summed E-state index contributed by atoms with van der Waals surface area (Å²) in [6, 6.07) is 7.84. The lowest BCUT2D eigenvalue weighted by molar-refractivity contribution is -0.394. The molecule has 0 aliphatic rings. The molecule has 0 aliphatic heterocycles. The summed E-state index contributed by atoms with van der Waals surface area (Å²) >= 11 is 0. The molecule has 0 aliphatic carbocycles. The van der Waals surface area contributed by atoms with E-state index in [0.29, 0.717) is 6.07 Å². The van der Waals surface area contributed by atoms with E-state index in [1.165, 1.54) is 24.3 Å². The van der Waals surface area contributed by atoms with Gasteiger partial charge in [-0.1, -0.05) is 12.1 Å². The van der Waals surface area contributed by atoms with Gasteiger partial charge in [0.1, 0.15) is 0 Å². The van der Waals surface area contributed by atoms with Gasteiger partial charge in [0, 0.05) is 18.2 Å². The number of nitro groups is 3. The monoisotopic (exact) mass is 347 g/mol. The van der Waals surface area contributed by atoms with Crippen LogP contribution in [0, 0.1) is 30.3 Å². The van der Waals surface area contributed by atoms with Crippen LogP contribution in [0.25, 0.3) is 0 Å². The first-order valence-corrected chi connectivity index (χ1v) is 6.65. The van der Waals surface area contributed by atoms with E-state index in [2.05, 4.69) is 0 Å². The lowest BCUT2D eigenvalue weighted by atomic mass is 10.1. The van der Waals surface area contributed by atoms with Crippen LogP contribution >= 0.6 is 0 Å². The molecular formula is C14H9N3O8. The van der Waals surface area contributed by atoms with E-state index < -0.39 is 37.9 Å². The fourth-order valence-corrected chi connectivity index (χ4v) is 1.95. The maximum absolute atomic E-state index is 11.9. The summed E-state index contributed by atoms with van der Waals surface area (Å²) in [5.74, 6) is -1.36. The maximum Gasteiger partial charge on any atom is 0.318 e. The molecule has 0 bridgehead atoms. The van der Waals surface area contributed by atoms with Gasteiger partial charge in [-0.25, -0.2) is 0 Å². The molecule has 0 aromatic heterocycles. The van der Waals surface area contributed by atoms with Crippen LogP contribution < -0.4 is 4.74 Å². The van der Waals surface area contributed by atoms with E-state index in [1.807, 2.05) is 0 Å². The van der Waals surface area contributed by atoms with Gasteiger partial charge in [0.15, 0.2) is 0 Å². The van der Waals surface area contributed by atoms with Crippen LogP contribution in [0.5, 0.6) is 5.75 Å². The molecule has 2 aromatic rings. The lowest BCUT2D eigenvalue weighted by Crippen LogP contribution is -2.12. The van der Waals surface area contributed by atoms with Crippen molar-refractivity contribution in [3.8, 4) is 5.75 Å². The van der Waals surface area contributed by atoms with E-state index in [4.69, 9.17) is 4.74 Å². The van der Waals surface area contributed by atoms with Gasteiger partial charge in [-0.05, 0) is 11.6 Å². The highest BCUT2D eigenvalue weighted by atomic mass is 16.6. The number of carbonyl (C=O) groups is 1. The van der Waals surface area contributed by atoms with Crippen molar-refractivity contribution in [3.63, 3.8) is 0 Å². The normalized spacial score (nSPS) is 10.1. The zero-order chi connectivity index (χ0) is 18.6. The van der Waals surface area contributed by atoms with Crippen LogP contribution in [-0.4, -0.2) is 20.7 Å². The molecule has 11 heteroatoms. The molecule has 25 heavy (non-hydrogen) atoms. The highest BCUT2D eigenvalue weighted by Gasteiger charge is 2.23. The summed E-state index contributed by atoms with van der Waals surface area (Å²) < 4.78 is 4.87. The molecule has 0 saturated carbocycles. The molecule has 2 aromatic carbocycles. The lowest BCUT2D eigenvalue weighted by Gasteiger charge is -2.05. The number of esters is 1. The number of benzene rings is 2. The molecule has 0 unspecified atom stereocenters. The Labute approximate surface area is 138 Å². The number of hydrogen-bond donors (Lipinski definition) is 0. The predicted octanol–water partition coefficient (Wildman–Crippen LogP) is 2.56. The van der Waals surface area contributed by atoms with Gasteiger partial charge >= 0.3 is 11.7 Å². The zero-order valence-electron chi connectivity index (χ0n) is 12.4. The molecule has 0 N–H and O–H groups in total. The molecule has 2 rings (SSSR count). The van der Waals surface area contributed by atoms with E-state index in [-0.39, 0.29) is 17.7 Å². The first kappa shape index (κ1) is 17.5. The van der Waals surface area contributed by atoms with Crippen molar-refractivity contribution in [2.24, 2.45) is 0 Å². The number of nitro benzene ring substituents is 3. The summed E-state index contributed by atoms with van der Waals surface area (Å²) in [4.78, 5) is 41.9. The van der Waals surface area contributed by atoms with Gasteiger partial charge in [0.25, 0.3) is 11.4 Å². The molecule has 11 nitrogen and oxygen atoms in total. The SMILES string of the molecule is O=C(Cc1cccc([N+](=O)[O-])c1)Oc1ccc([N+](=O)[O-])cc1[N+](=O)[O-]. The third-order valence-electron chi connectivity index (χ3n) is 3.04. The average molecular weight is 347 g/mol. The van der Waals surface area contributed by atoms with Crippen molar-refractivity contribution in [2.45, 2.75) is 6.42 Å². The van der Waals surface area contributed by atoms with Crippen LogP contribution in [0.1, 0.15) is 5.56 Å². The minimum absolute atomic E-state index is 0.216. The highest BCUT2D eigenvalue weighted by molar-refractivity contribution is 5.77. The molecule has 0 saturated heterocycles. The highest BCUT2D eigenvalue weighted by Crippen LogP contribution is 2.31. The minimum atomic E-state index is -0.914. The molecule has 0 amide bonds. The Hall–Kier alpha value is -3.89. The predicted molar refractivity (Wildman–Crippen MR) is 82.2 cm³/mol. The van der Waals surface area contributed by atoms with Crippen molar-refractivity contribution in [1.29, 1.82) is 0 Å². The topological polar surface area (TPSA) is 156 Å². The first-order valence-electron chi connectivity index (χ1n) is 6.65. The molecule has 0 fully saturated rings. The standard InChI is InChI=1S/C14H9N3O8/c18-14(7-9-2-1-3-10(6-9)15(19)20)25-13-5-4-11(16(21)22)8-12(13)17(23)24/h1-6,8H,7H2. The van der Waals surface area contributed by atoms with E-state index in [9.17, 15) is 35.1 Å². The quantitative estimate of drug-likeness (QED) is 0.334. The molecule has 128 valence electrons. The van der Waals surface area contributed by atoms with Crippen LogP contribution in [0.2, 0.25) is 0 Å². The second-order valence-electron chi connectivity index (χ2n) is 4.74. The molecule has 0 spiro atoms. The van der Waals surface area contributed by atoms with Crippen molar-refractivity contribution < 1.29 is 24.3 Å². The Balaban J connectivity index is 2.20. The molecular weight excluding hydrogens is 338 g/mol. The van der Waals surface area contributed by atoms with Crippen LogP contribution in [0.4, 0.5) is 17.1 Å². The number of carbonyl (C=O) groups excluding carboxylic acids is 1. The Bertz CT molecular complexity index is 880. The fourth-order valence-electron chi connectivity index (χ4n) is 1.95. The molecule has 0 atom stereocenters. The van der Waals surface area contributed by atoms with E-state index in [0.717, 1.165) is 12.1 Å². The maximum atomic E-state index is 11.9. The third-order valence-corrected chi connectivity index (χ3v) is 3.04. The van der Waals surface area contributed by atoms with Crippen LogP contribution in [-0.2, 0) is 11.2 Å². The smallest absolute Gasteiger partial charge is 0.318 e. The average Bonchev–Trinajstić information content (AvgIpc) is 2.54. The Morgan fingerprint density at radius 1 is 0.880 bits per heavy atom. The Kier molecular flexibility index (Phi) is 4.98. The zero-order valence-corrected chi connectivity index (χ0v) is 12.4. The Morgan fingerprint density at radius 2 is 1.52 bits per heavy atom. The minimum Gasteiger partial charge on any atom is -0.419 e. The first-order chi connectivity index (χ1) is 11.8. The van der Waals surface area contributed by atoms with Crippen LogP contribution in [0.3, 0.4) is 0 Å². The van der Waals surface area contributed by atoms with E-state index >= 15 is 0 Å². The number of nitrogens with zero attached hydrogens (tertiary/aromatic N) is 3. The van der Waals surface area contributed by atoms with Crippen molar-refractivity contribution in [3.05, 3.63) is 78.4 Å². The van der Waals surface area contributed by atoms with Gasteiger partial charge in [-0.15, -0.1) is 0 Å². The number of hydrogen-bond acceptors (Lipinski definition) is 8. The van der Waals surface area contributed by atoms with Gasteiger partial charge in [-0.3, -0.25) is 35.1 Å². The third kappa shape index (κ3) is 4.31. The van der Waals surface area contributed by atoms with Crippen molar-refractivity contribution >= 4 is 23.0 Å². The van der Waals surface area contributed by atoms with E-state index in [1.54, 1.807) is 0 Å². The fraction of sp³-hybridized carbons (Fsp3) is 0.0714. The summed E-state index contributed by atoms with van der Waals surface area (Å²) in [5, 5.41) is 32.3. The van der Waals surface area contributed by atoms with Gasteiger partial charge in [0.05, 0.1) is 27.3 Å².